The van der Waals surface area contributed by atoms with E-state index in [0.29, 0.717) is 17.0 Å². The van der Waals surface area contributed by atoms with E-state index in [1.165, 1.54) is 55.2 Å². The predicted molar refractivity (Wildman–Crippen MR) is 156 cm³/mol. The summed E-state index contributed by atoms with van der Waals surface area (Å²) in [7, 11) is 0. The molecule has 1 aliphatic carbocycles. The number of ketones is 1. The molecule has 0 spiro atoms. The van der Waals surface area contributed by atoms with Gasteiger partial charge in [-0.3, -0.25) is 4.79 Å². The molecule has 0 atom stereocenters. The van der Waals surface area contributed by atoms with Crippen molar-refractivity contribution in [3.63, 3.8) is 0 Å². The molecule has 0 saturated carbocycles. The Morgan fingerprint density at radius 3 is 1.97 bits per heavy atom. The summed E-state index contributed by atoms with van der Waals surface area (Å²) in [6, 6.07) is 30.9. The van der Waals surface area contributed by atoms with Crippen molar-refractivity contribution in [2.75, 3.05) is 0 Å². The number of aryl methyl sites for hydroxylation is 1. The molecule has 0 amide bonds. The zero-order chi connectivity index (χ0) is 25.9. The fourth-order valence-electron chi connectivity index (χ4n) is 5.51. The summed E-state index contributed by atoms with van der Waals surface area (Å²) in [5.41, 5.74) is 8.67. The molecule has 0 saturated heterocycles. The molecule has 0 N–H and O–H groups in total. The molecule has 5 aromatic rings. The molecule has 1 aromatic heterocycles. The number of fused-ring (bicyclic) bond motifs is 2. The van der Waals surface area contributed by atoms with E-state index in [9.17, 15) is 4.79 Å². The summed E-state index contributed by atoms with van der Waals surface area (Å²) in [5.74, 6) is 0.715. The third-order valence-corrected chi connectivity index (χ3v) is 7.64. The first-order valence-corrected chi connectivity index (χ1v) is 13.9. The van der Waals surface area contributed by atoms with Gasteiger partial charge in [0.15, 0.2) is 11.6 Å². The maximum absolute atomic E-state index is 13.1. The molecular weight excluding hydrogens is 464 g/mol. The highest BCUT2D eigenvalue weighted by Gasteiger charge is 2.27. The molecule has 1 heterocycles. The number of carbonyl (C=O) groups excluding carboxylic acids is 1. The van der Waals surface area contributed by atoms with Crippen molar-refractivity contribution in [3.05, 3.63) is 108 Å². The van der Waals surface area contributed by atoms with Crippen molar-refractivity contribution >= 4 is 16.7 Å². The van der Waals surface area contributed by atoms with Crippen LogP contribution in [0.3, 0.4) is 0 Å². The smallest absolute Gasteiger partial charge is 0.194 e. The number of hydrogen-bond acceptors (Lipinski definition) is 3. The van der Waals surface area contributed by atoms with E-state index in [4.69, 9.17) is 9.97 Å². The van der Waals surface area contributed by atoms with E-state index in [2.05, 4.69) is 55.5 Å². The van der Waals surface area contributed by atoms with Crippen molar-refractivity contribution in [2.45, 2.75) is 51.9 Å². The van der Waals surface area contributed by atoms with Crippen LogP contribution in [0.2, 0.25) is 0 Å². The van der Waals surface area contributed by atoms with Crippen LogP contribution in [-0.2, 0) is 6.42 Å². The lowest BCUT2D eigenvalue weighted by atomic mass is 9.87. The van der Waals surface area contributed by atoms with Crippen LogP contribution in [0, 0.1) is 0 Å². The van der Waals surface area contributed by atoms with E-state index in [1.807, 2.05) is 42.5 Å². The zero-order valence-corrected chi connectivity index (χ0v) is 21.9. The molecule has 0 aliphatic heterocycles. The Hall–Kier alpha value is -4.11. The van der Waals surface area contributed by atoms with Crippen LogP contribution in [0.4, 0.5) is 0 Å². The van der Waals surface area contributed by atoms with Crippen LogP contribution in [0.15, 0.2) is 91.0 Å². The van der Waals surface area contributed by atoms with Crippen LogP contribution >= 0.6 is 0 Å². The van der Waals surface area contributed by atoms with Crippen molar-refractivity contribution in [2.24, 2.45) is 0 Å². The minimum Gasteiger partial charge on any atom is -0.289 e. The second kappa shape index (κ2) is 10.7. The fourth-order valence-corrected chi connectivity index (χ4v) is 5.51. The van der Waals surface area contributed by atoms with Crippen LogP contribution in [0.25, 0.3) is 44.7 Å². The van der Waals surface area contributed by atoms with Gasteiger partial charge in [-0.2, -0.15) is 0 Å². The van der Waals surface area contributed by atoms with Crippen molar-refractivity contribution in [3.8, 4) is 33.8 Å². The van der Waals surface area contributed by atoms with Gasteiger partial charge < -0.3 is 0 Å². The lowest BCUT2D eigenvalue weighted by Gasteiger charge is -2.19. The number of nitrogens with zero attached hydrogens (tertiary/aromatic N) is 2. The second-order valence-electron chi connectivity index (χ2n) is 10.3. The molecule has 3 heteroatoms. The summed E-state index contributed by atoms with van der Waals surface area (Å²) in [4.78, 5) is 22.9. The number of carbonyl (C=O) groups is 1. The lowest BCUT2D eigenvalue weighted by Crippen LogP contribution is -2.11. The Morgan fingerprint density at radius 2 is 1.21 bits per heavy atom. The number of hydrogen-bond donors (Lipinski definition) is 0. The molecule has 3 nitrogen and oxygen atoms in total. The topological polar surface area (TPSA) is 42.9 Å². The molecule has 1 aliphatic rings. The minimum atomic E-state index is 0.0393. The highest BCUT2D eigenvalue weighted by molar-refractivity contribution is 6.24. The van der Waals surface area contributed by atoms with Crippen LogP contribution < -0.4 is 0 Å². The third kappa shape index (κ3) is 4.65. The molecule has 38 heavy (non-hydrogen) atoms. The van der Waals surface area contributed by atoms with Crippen molar-refractivity contribution in [1.29, 1.82) is 0 Å². The second-order valence-corrected chi connectivity index (χ2v) is 10.3. The number of rotatable bonds is 9. The third-order valence-electron chi connectivity index (χ3n) is 7.64. The minimum absolute atomic E-state index is 0.0393. The number of benzene rings is 4. The van der Waals surface area contributed by atoms with E-state index in [-0.39, 0.29) is 5.78 Å². The Balaban J connectivity index is 1.24. The van der Waals surface area contributed by atoms with Crippen molar-refractivity contribution < 1.29 is 4.79 Å². The molecule has 0 unspecified atom stereocenters. The molecule has 0 fully saturated rings. The lowest BCUT2D eigenvalue weighted by molar-refractivity contribution is 0.104. The van der Waals surface area contributed by atoms with Crippen LogP contribution in [-0.4, -0.2) is 15.8 Å². The first-order chi connectivity index (χ1) is 18.7. The standard InChI is InChI=1S/C35H32N2O/c1-2-3-4-5-6-7-11-24-16-18-25(19-17-24)26-20-22-27(23-21-26)35-36-31-15-10-14-30-32(31)33(37-35)28-12-8-9-13-29(28)34(30)38/h8-10,12-23H,2-7,11H2,1H3. The number of unbranched alkanes of at least 4 members (excludes halogenated alkanes) is 5. The van der Waals surface area contributed by atoms with Gasteiger partial charge in [-0.25, -0.2) is 9.97 Å². The summed E-state index contributed by atoms with van der Waals surface area (Å²) >= 11 is 0. The first kappa shape index (κ1) is 24.2. The summed E-state index contributed by atoms with van der Waals surface area (Å²) in [5, 5.41) is 0.845. The zero-order valence-electron chi connectivity index (χ0n) is 21.9. The quantitative estimate of drug-likeness (QED) is 0.187. The van der Waals surface area contributed by atoms with Gasteiger partial charge >= 0.3 is 0 Å². The molecule has 0 radical (unpaired) electrons. The van der Waals surface area contributed by atoms with E-state index in [0.717, 1.165) is 34.1 Å². The molecule has 188 valence electrons. The highest BCUT2D eigenvalue weighted by Crippen LogP contribution is 2.38. The largest absolute Gasteiger partial charge is 0.289 e. The fraction of sp³-hybridized carbons (Fsp3) is 0.229. The van der Waals surface area contributed by atoms with Gasteiger partial charge in [0, 0.05) is 27.6 Å². The molecule has 4 aromatic carbocycles. The van der Waals surface area contributed by atoms with Crippen LogP contribution in [0.1, 0.15) is 66.9 Å². The normalized spacial score (nSPS) is 12.1. The maximum atomic E-state index is 13.1. The van der Waals surface area contributed by atoms with Crippen LogP contribution in [0.5, 0.6) is 0 Å². The van der Waals surface area contributed by atoms with Gasteiger partial charge in [-0.05, 0) is 35.6 Å². The van der Waals surface area contributed by atoms with Gasteiger partial charge in [0.05, 0.1) is 11.2 Å². The SMILES string of the molecule is CCCCCCCCc1ccc(-c2ccc(-c3nc4c5c(cccc5n3)C(=O)c3ccccc3-4)cc2)cc1. The summed E-state index contributed by atoms with van der Waals surface area (Å²) in [6.07, 6.45) is 9.13. The van der Waals surface area contributed by atoms with Gasteiger partial charge in [-0.1, -0.05) is 124 Å². The Bertz CT molecular complexity index is 1600. The maximum Gasteiger partial charge on any atom is 0.194 e. The van der Waals surface area contributed by atoms with E-state index < -0.39 is 0 Å². The molecular formula is C35H32N2O. The highest BCUT2D eigenvalue weighted by atomic mass is 16.1. The van der Waals surface area contributed by atoms with E-state index >= 15 is 0 Å². The first-order valence-electron chi connectivity index (χ1n) is 13.9. The monoisotopic (exact) mass is 496 g/mol. The number of aromatic nitrogens is 2. The van der Waals surface area contributed by atoms with E-state index in [1.54, 1.807) is 0 Å². The summed E-state index contributed by atoms with van der Waals surface area (Å²) < 4.78 is 0. The van der Waals surface area contributed by atoms with Gasteiger partial charge in [0.25, 0.3) is 0 Å². The Labute approximate surface area is 224 Å². The average Bonchev–Trinajstić information content (AvgIpc) is 2.98. The summed E-state index contributed by atoms with van der Waals surface area (Å²) in [6.45, 7) is 2.26. The van der Waals surface area contributed by atoms with Gasteiger partial charge in [-0.15, -0.1) is 0 Å². The predicted octanol–water partition coefficient (Wildman–Crippen LogP) is 9.08. The van der Waals surface area contributed by atoms with Gasteiger partial charge in [0.1, 0.15) is 0 Å². The molecule has 6 rings (SSSR count). The Kier molecular flexibility index (Phi) is 6.83. The molecule has 0 bridgehead atoms. The average molecular weight is 497 g/mol. The van der Waals surface area contributed by atoms with Crippen molar-refractivity contribution in [1.82, 2.24) is 9.97 Å². The van der Waals surface area contributed by atoms with Gasteiger partial charge in [0.2, 0.25) is 0 Å². The Morgan fingerprint density at radius 1 is 0.579 bits per heavy atom.